The first-order chi connectivity index (χ1) is 4.83. The normalized spacial score (nSPS) is 13.5. The highest BCUT2D eigenvalue weighted by Gasteiger charge is 2.22. The van der Waals surface area contributed by atoms with Crippen LogP contribution in [0.15, 0.2) is 0 Å². The summed E-state index contributed by atoms with van der Waals surface area (Å²) in [6.07, 6.45) is 0. The molecule has 1 N–H and O–H groups in total. The largest absolute Gasteiger partial charge is 0.249 e. The van der Waals surface area contributed by atoms with Gasteiger partial charge in [0, 0.05) is 0 Å². The number of hydrogen-bond acceptors (Lipinski definition) is 2. The minimum absolute atomic E-state index is 0.0174. The van der Waals surface area contributed by atoms with Crippen molar-refractivity contribution < 1.29 is 12.8 Å². The number of rotatable bonds is 4. The third-order valence-electron chi connectivity index (χ3n) is 1.15. The summed E-state index contributed by atoms with van der Waals surface area (Å²) in [4.78, 5) is 0. The monoisotopic (exact) mass is 183 g/mol. The zero-order valence-corrected chi connectivity index (χ0v) is 7.83. The minimum Gasteiger partial charge on any atom is -0.249 e. The Labute approximate surface area is 67.0 Å². The standard InChI is InChI=1S/C6H14FNO2S/c1-4-11(9,10)8-6(2,3)5-7/h8H,4-5H2,1-3H3. The van der Waals surface area contributed by atoms with Crippen molar-refractivity contribution in [1.82, 2.24) is 4.72 Å². The molecule has 0 saturated heterocycles. The number of sulfonamides is 1. The van der Waals surface area contributed by atoms with E-state index in [9.17, 15) is 12.8 Å². The summed E-state index contributed by atoms with van der Waals surface area (Å²) in [5.41, 5.74) is -0.977. The van der Waals surface area contributed by atoms with Gasteiger partial charge in [-0.05, 0) is 20.8 Å². The molecule has 5 heteroatoms. The molecule has 68 valence electrons. The molecule has 0 amide bonds. The lowest BCUT2D eigenvalue weighted by Crippen LogP contribution is -2.45. The lowest BCUT2D eigenvalue weighted by molar-refractivity contribution is 0.326. The predicted molar refractivity (Wildman–Crippen MR) is 42.7 cm³/mol. The van der Waals surface area contributed by atoms with Crippen molar-refractivity contribution >= 4 is 10.0 Å². The van der Waals surface area contributed by atoms with Gasteiger partial charge in [-0.15, -0.1) is 0 Å². The van der Waals surface area contributed by atoms with Crippen molar-refractivity contribution in [1.29, 1.82) is 0 Å². The summed E-state index contributed by atoms with van der Waals surface area (Å²) >= 11 is 0. The molecule has 0 unspecified atom stereocenters. The minimum atomic E-state index is -3.28. The first-order valence-corrected chi connectivity index (χ1v) is 5.06. The predicted octanol–water partition coefficient (Wildman–Crippen LogP) is 0.674. The Bertz CT molecular complexity index is 211. The Morgan fingerprint density at radius 3 is 2.18 bits per heavy atom. The molecular weight excluding hydrogens is 169 g/mol. The van der Waals surface area contributed by atoms with E-state index in [0.717, 1.165) is 0 Å². The van der Waals surface area contributed by atoms with Crippen molar-refractivity contribution in [2.75, 3.05) is 12.4 Å². The molecular formula is C6H14FNO2S. The second-order valence-corrected chi connectivity index (χ2v) is 5.03. The summed E-state index contributed by atoms with van der Waals surface area (Å²) < 4.78 is 36.1. The first kappa shape index (κ1) is 10.8. The molecule has 0 bridgehead atoms. The summed E-state index contributed by atoms with van der Waals surface area (Å²) in [5, 5.41) is 0. The van der Waals surface area contributed by atoms with E-state index in [4.69, 9.17) is 0 Å². The topological polar surface area (TPSA) is 46.2 Å². The molecule has 0 saturated carbocycles. The van der Waals surface area contributed by atoms with Gasteiger partial charge in [-0.25, -0.2) is 17.5 Å². The quantitative estimate of drug-likeness (QED) is 0.696. The molecule has 0 rings (SSSR count). The highest BCUT2D eigenvalue weighted by atomic mass is 32.2. The molecule has 0 fully saturated rings. The zero-order valence-electron chi connectivity index (χ0n) is 7.02. The molecule has 11 heavy (non-hydrogen) atoms. The summed E-state index contributed by atoms with van der Waals surface area (Å²) in [7, 11) is -3.28. The van der Waals surface area contributed by atoms with Crippen LogP contribution in [0.1, 0.15) is 20.8 Å². The van der Waals surface area contributed by atoms with E-state index in [2.05, 4.69) is 4.72 Å². The maximum absolute atomic E-state index is 12.1. The van der Waals surface area contributed by atoms with Crippen LogP contribution in [0, 0.1) is 0 Å². The van der Waals surface area contributed by atoms with E-state index in [-0.39, 0.29) is 5.75 Å². The van der Waals surface area contributed by atoms with Crippen LogP contribution < -0.4 is 4.72 Å². The molecule has 0 aromatic rings. The molecule has 0 heterocycles. The van der Waals surface area contributed by atoms with E-state index in [0.29, 0.717) is 0 Å². The number of halogens is 1. The highest BCUT2D eigenvalue weighted by molar-refractivity contribution is 7.89. The molecule has 0 aliphatic heterocycles. The van der Waals surface area contributed by atoms with Gasteiger partial charge in [0.1, 0.15) is 6.67 Å². The van der Waals surface area contributed by atoms with Crippen molar-refractivity contribution in [3.05, 3.63) is 0 Å². The molecule has 0 aromatic heterocycles. The smallest absolute Gasteiger partial charge is 0.211 e. The van der Waals surface area contributed by atoms with E-state index in [1.165, 1.54) is 20.8 Å². The van der Waals surface area contributed by atoms with Gasteiger partial charge < -0.3 is 0 Å². The second-order valence-electron chi connectivity index (χ2n) is 3.02. The Morgan fingerprint density at radius 2 is 1.91 bits per heavy atom. The van der Waals surface area contributed by atoms with Crippen molar-refractivity contribution in [2.24, 2.45) is 0 Å². The molecule has 0 atom stereocenters. The third-order valence-corrected chi connectivity index (χ3v) is 2.77. The van der Waals surface area contributed by atoms with Crippen LogP contribution in [0.25, 0.3) is 0 Å². The molecule has 0 aliphatic rings. The summed E-state index contributed by atoms with van der Waals surface area (Å²) in [5.74, 6) is -0.0174. The van der Waals surface area contributed by atoms with Gasteiger partial charge in [0.2, 0.25) is 10.0 Å². The Hall–Kier alpha value is -0.160. The van der Waals surface area contributed by atoms with E-state index in [1.54, 1.807) is 0 Å². The maximum Gasteiger partial charge on any atom is 0.211 e. The van der Waals surface area contributed by atoms with Gasteiger partial charge in [0.05, 0.1) is 11.3 Å². The molecule has 0 aliphatic carbocycles. The van der Waals surface area contributed by atoms with Crippen molar-refractivity contribution in [2.45, 2.75) is 26.3 Å². The first-order valence-electron chi connectivity index (χ1n) is 3.40. The van der Waals surface area contributed by atoms with Gasteiger partial charge in [0.15, 0.2) is 0 Å². The van der Waals surface area contributed by atoms with Gasteiger partial charge >= 0.3 is 0 Å². The lowest BCUT2D eigenvalue weighted by Gasteiger charge is -2.21. The Morgan fingerprint density at radius 1 is 1.45 bits per heavy atom. The molecule has 0 aromatic carbocycles. The Kier molecular flexibility index (Phi) is 3.44. The van der Waals surface area contributed by atoms with Gasteiger partial charge in [-0.3, -0.25) is 0 Å². The highest BCUT2D eigenvalue weighted by Crippen LogP contribution is 2.04. The average Bonchev–Trinajstić information content (AvgIpc) is 1.86. The SMILES string of the molecule is CCS(=O)(=O)NC(C)(C)CF. The van der Waals surface area contributed by atoms with Gasteiger partial charge in [-0.2, -0.15) is 0 Å². The van der Waals surface area contributed by atoms with E-state index in [1.807, 2.05) is 0 Å². The summed E-state index contributed by atoms with van der Waals surface area (Å²) in [6.45, 7) is 3.81. The van der Waals surface area contributed by atoms with Gasteiger partial charge in [-0.1, -0.05) is 0 Å². The van der Waals surface area contributed by atoms with Crippen LogP contribution in [-0.4, -0.2) is 26.4 Å². The van der Waals surface area contributed by atoms with Crippen LogP contribution in [-0.2, 0) is 10.0 Å². The van der Waals surface area contributed by atoms with Crippen molar-refractivity contribution in [3.63, 3.8) is 0 Å². The van der Waals surface area contributed by atoms with Crippen LogP contribution in [0.3, 0.4) is 0 Å². The fourth-order valence-electron chi connectivity index (χ4n) is 0.520. The molecule has 3 nitrogen and oxygen atoms in total. The van der Waals surface area contributed by atoms with Crippen molar-refractivity contribution in [3.8, 4) is 0 Å². The van der Waals surface area contributed by atoms with Crippen LogP contribution in [0.4, 0.5) is 4.39 Å². The second kappa shape index (κ2) is 3.49. The average molecular weight is 183 g/mol. The number of nitrogens with one attached hydrogen (secondary N) is 1. The third kappa shape index (κ3) is 4.31. The van der Waals surface area contributed by atoms with Crippen LogP contribution >= 0.6 is 0 Å². The molecule has 0 spiro atoms. The fourth-order valence-corrected chi connectivity index (χ4v) is 1.56. The number of hydrogen-bond donors (Lipinski definition) is 1. The van der Waals surface area contributed by atoms with Crippen LogP contribution in [0.2, 0.25) is 0 Å². The Balaban J connectivity index is 4.26. The van der Waals surface area contributed by atoms with E-state index >= 15 is 0 Å². The maximum atomic E-state index is 12.1. The van der Waals surface area contributed by atoms with Gasteiger partial charge in [0.25, 0.3) is 0 Å². The fraction of sp³-hybridized carbons (Fsp3) is 1.00. The summed E-state index contributed by atoms with van der Waals surface area (Å²) in [6, 6.07) is 0. The lowest BCUT2D eigenvalue weighted by atomic mass is 10.1. The zero-order chi connectivity index (χ0) is 9.12. The molecule has 0 radical (unpaired) electrons. The van der Waals surface area contributed by atoms with E-state index < -0.39 is 22.2 Å². The van der Waals surface area contributed by atoms with Crippen LogP contribution in [0.5, 0.6) is 0 Å². The number of alkyl halides is 1.